The third kappa shape index (κ3) is 5.56. The molecule has 0 bridgehead atoms. The highest BCUT2D eigenvalue weighted by Crippen LogP contribution is 2.32. The van der Waals surface area contributed by atoms with E-state index in [1.807, 2.05) is 20.8 Å². The van der Waals surface area contributed by atoms with Crippen molar-refractivity contribution in [1.82, 2.24) is 15.1 Å². The second kappa shape index (κ2) is 9.85. The SMILES string of the molecule is CC(C)(C)C(=O)N1CCC(C(=O)NCCN2C(=O)S/C(=C\c3ccccc3F)C2=O)CC1. The maximum atomic E-state index is 13.8. The molecule has 4 amide bonds. The number of halogens is 1. The largest absolute Gasteiger partial charge is 0.354 e. The van der Waals surface area contributed by atoms with E-state index in [4.69, 9.17) is 0 Å². The lowest BCUT2D eigenvalue weighted by Gasteiger charge is -2.35. The van der Waals surface area contributed by atoms with Crippen molar-refractivity contribution >= 4 is 40.8 Å². The molecule has 0 spiro atoms. The molecule has 2 aliphatic rings. The number of piperidine rings is 1. The monoisotopic (exact) mass is 461 g/mol. The number of carbonyl (C=O) groups excluding carboxylic acids is 4. The van der Waals surface area contributed by atoms with Gasteiger partial charge in [-0.25, -0.2) is 4.39 Å². The van der Waals surface area contributed by atoms with E-state index < -0.39 is 22.4 Å². The Balaban J connectivity index is 1.48. The number of imide groups is 1. The summed E-state index contributed by atoms with van der Waals surface area (Å²) in [5.74, 6) is -1.22. The minimum Gasteiger partial charge on any atom is -0.354 e. The van der Waals surface area contributed by atoms with Crippen molar-refractivity contribution < 1.29 is 23.6 Å². The molecule has 0 aromatic heterocycles. The molecular formula is C23H28FN3O4S. The van der Waals surface area contributed by atoms with Crippen LogP contribution in [-0.4, -0.2) is 58.9 Å². The molecule has 7 nitrogen and oxygen atoms in total. The Morgan fingerprint density at radius 1 is 1.19 bits per heavy atom. The number of thioether (sulfide) groups is 1. The van der Waals surface area contributed by atoms with Crippen molar-refractivity contribution in [3.8, 4) is 0 Å². The van der Waals surface area contributed by atoms with Crippen LogP contribution in [0, 0.1) is 17.2 Å². The van der Waals surface area contributed by atoms with Crippen LogP contribution in [0.4, 0.5) is 9.18 Å². The van der Waals surface area contributed by atoms with Gasteiger partial charge < -0.3 is 10.2 Å². The number of nitrogens with one attached hydrogen (secondary N) is 1. The van der Waals surface area contributed by atoms with Crippen LogP contribution in [0.3, 0.4) is 0 Å². The first kappa shape index (κ1) is 24.0. The van der Waals surface area contributed by atoms with Crippen molar-refractivity contribution in [2.75, 3.05) is 26.2 Å². The molecule has 2 fully saturated rings. The fourth-order valence-corrected chi connectivity index (χ4v) is 4.54. The van der Waals surface area contributed by atoms with Crippen LogP contribution in [0.1, 0.15) is 39.2 Å². The van der Waals surface area contributed by atoms with Gasteiger partial charge in [0.2, 0.25) is 11.8 Å². The Kier molecular flexibility index (Phi) is 7.38. The molecule has 1 aromatic carbocycles. The fraction of sp³-hybridized carbons (Fsp3) is 0.478. The van der Waals surface area contributed by atoms with Crippen LogP contribution >= 0.6 is 11.8 Å². The maximum Gasteiger partial charge on any atom is 0.293 e. The van der Waals surface area contributed by atoms with E-state index in [0.717, 1.165) is 16.7 Å². The molecule has 0 atom stereocenters. The first-order chi connectivity index (χ1) is 15.1. The minimum atomic E-state index is -0.494. The number of rotatable bonds is 5. The normalized spacial score (nSPS) is 19.1. The van der Waals surface area contributed by atoms with Gasteiger partial charge in [0.25, 0.3) is 11.1 Å². The summed E-state index contributed by atoms with van der Waals surface area (Å²) in [6.07, 6.45) is 2.53. The standard InChI is InChI=1S/C23H28FN3O4S/c1-23(2,3)21(30)26-11-8-15(9-12-26)19(28)25-10-13-27-20(29)18(32-22(27)31)14-16-6-4-5-7-17(16)24/h4-7,14-15H,8-13H2,1-3H3,(H,25,28)/b18-14-. The van der Waals surface area contributed by atoms with Crippen LogP contribution in [0.2, 0.25) is 0 Å². The molecule has 3 rings (SSSR count). The summed E-state index contributed by atoms with van der Waals surface area (Å²) < 4.78 is 13.8. The summed E-state index contributed by atoms with van der Waals surface area (Å²) in [4.78, 5) is 52.6. The first-order valence-corrected chi connectivity index (χ1v) is 11.5. The van der Waals surface area contributed by atoms with Crippen LogP contribution in [0.25, 0.3) is 6.08 Å². The van der Waals surface area contributed by atoms with E-state index in [2.05, 4.69) is 5.32 Å². The van der Waals surface area contributed by atoms with Crippen molar-refractivity contribution in [3.63, 3.8) is 0 Å². The molecule has 0 radical (unpaired) electrons. The lowest BCUT2D eigenvalue weighted by molar-refractivity contribution is -0.142. The molecule has 2 saturated heterocycles. The molecule has 0 unspecified atom stereocenters. The van der Waals surface area contributed by atoms with Gasteiger partial charge in [-0.05, 0) is 36.7 Å². The molecule has 2 heterocycles. The number of hydrogen-bond donors (Lipinski definition) is 1. The van der Waals surface area contributed by atoms with Crippen LogP contribution in [0.5, 0.6) is 0 Å². The van der Waals surface area contributed by atoms with Crippen molar-refractivity contribution in [2.24, 2.45) is 11.3 Å². The second-order valence-electron chi connectivity index (χ2n) is 8.96. The Morgan fingerprint density at radius 3 is 2.47 bits per heavy atom. The topological polar surface area (TPSA) is 86.8 Å². The molecular weight excluding hydrogens is 433 g/mol. The van der Waals surface area contributed by atoms with Gasteiger partial charge in [-0.3, -0.25) is 24.1 Å². The lowest BCUT2D eigenvalue weighted by atomic mass is 9.91. The van der Waals surface area contributed by atoms with Gasteiger partial charge in [0.1, 0.15) is 5.82 Å². The van der Waals surface area contributed by atoms with E-state index in [1.54, 1.807) is 17.0 Å². The van der Waals surface area contributed by atoms with E-state index in [9.17, 15) is 23.6 Å². The highest BCUT2D eigenvalue weighted by atomic mass is 32.2. The molecule has 0 aliphatic carbocycles. The fourth-order valence-electron chi connectivity index (χ4n) is 3.68. The Labute approximate surface area is 191 Å². The van der Waals surface area contributed by atoms with Gasteiger partial charge in [-0.2, -0.15) is 0 Å². The number of carbonyl (C=O) groups is 4. The number of amides is 4. The zero-order valence-corrected chi connectivity index (χ0v) is 19.3. The summed E-state index contributed by atoms with van der Waals surface area (Å²) in [5.41, 5.74) is -0.204. The van der Waals surface area contributed by atoms with Crippen LogP contribution < -0.4 is 5.32 Å². The zero-order chi connectivity index (χ0) is 23.5. The number of hydrogen-bond acceptors (Lipinski definition) is 5. The smallest absolute Gasteiger partial charge is 0.293 e. The minimum absolute atomic E-state index is 0.0480. The van der Waals surface area contributed by atoms with Gasteiger partial charge in [-0.1, -0.05) is 39.0 Å². The molecule has 172 valence electrons. The Bertz CT molecular complexity index is 949. The number of benzene rings is 1. The Hall–Kier alpha value is -2.68. The first-order valence-electron chi connectivity index (χ1n) is 10.6. The predicted octanol–water partition coefficient (Wildman–Crippen LogP) is 3.26. The second-order valence-corrected chi connectivity index (χ2v) is 9.96. The van der Waals surface area contributed by atoms with Gasteiger partial charge in [0, 0.05) is 43.1 Å². The summed E-state index contributed by atoms with van der Waals surface area (Å²) in [5, 5.41) is 2.35. The number of nitrogens with zero attached hydrogens (tertiary/aromatic N) is 2. The molecule has 1 N–H and O–H groups in total. The van der Waals surface area contributed by atoms with E-state index >= 15 is 0 Å². The zero-order valence-electron chi connectivity index (χ0n) is 18.5. The third-order valence-electron chi connectivity index (χ3n) is 5.49. The van der Waals surface area contributed by atoms with E-state index in [1.165, 1.54) is 18.2 Å². The maximum absolute atomic E-state index is 13.8. The lowest BCUT2D eigenvalue weighted by Crippen LogP contribution is -2.47. The predicted molar refractivity (Wildman–Crippen MR) is 121 cm³/mol. The summed E-state index contributed by atoms with van der Waals surface area (Å²) >= 11 is 0.759. The van der Waals surface area contributed by atoms with Crippen molar-refractivity contribution in [2.45, 2.75) is 33.6 Å². The van der Waals surface area contributed by atoms with E-state index in [-0.39, 0.29) is 41.3 Å². The van der Waals surface area contributed by atoms with Crippen molar-refractivity contribution in [3.05, 3.63) is 40.6 Å². The van der Waals surface area contributed by atoms with Crippen molar-refractivity contribution in [1.29, 1.82) is 0 Å². The quantitative estimate of drug-likeness (QED) is 0.680. The van der Waals surface area contributed by atoms with Gasteiger partial charge in [-0.15, -0.1) is 0 Å². The van der Waals surface area contributed by atoms with Crippen LogP contribution in [-0.2, 0) is 14.4 Å². The number of likely N-dealkylation sites (tertiary alicyclic amines) is 1. The van der Waals surface area contributed by atoms with E-state index in [0.29, 0.717) is 25.9 Å². The summed E-state index contributed by atoms with van der Waals surface area (Å²) in [6, 6.07) is 6.02. The highest BCUT2D eigenvalue weighted by Gasteiger charge is 2.35. The average Bonchev–Trinajstić information content (AvgIpc) is 3.01. The average molecular weight is 462 g/mol. The summed E-state index contributed by atoms with van der Waals surface area (Å²) in [7, 11) is 0. The van der Waals surface area contributed by atoms with Crippen LogP contribution in [0.15, 0.2) is 29.2 Å². The highest BCUT2D eigenvalue weighted by molar-refractivity contribution is 8.18. The van der Waals surface area contributed by atoms with Gasteiger partial charge >= 0.3 is 0 Å². The molecule has 9 heteroatoms. The van der Waals surface area contributed by atoms with Gasteiger partial charge in [0.15, 0.2) is 0 Å². The summed E-state index contributed by atoms with van der Waals surface area (Å²) in [6.45, 7) is 6.91. The molecule has 0 saturated carbocycles. The van der Waals surface area contributed by atoms with Gasteiger partial charge in [0.05, 0.1) is 4.91 Å². The molecule has 1 aromatic rings. The third-order valence-corrected chi connectivity index (χ3v) is 6.40. The molecule has 2 aliphatic heterocycles. The molecule has 32 heavy (non-hydrogen) atoms. The Morgan fingerprint density at radius 2 is 1.84 bits per heavy atom.